The zero-order valence-corrected chi connectivity index (χ0v) is 17.0. The molecular weight excluding hydrogens is 406 g/mol. The Balaban J connectivity index is 1.31. The van der Waals surface area contributed by atoms with Gasteiger partial charge in [0, 0.05) is 17.1 Å². The van der Waals surface area contributed by atoms with Crippen LogP contribution in [0.5, 0.6) is 11.5 Å². The molecule has 3 heterocycles. The fraction of sp³-hybridized carbons (Fsp3) is 0.333. The third kappa shape index (κ3) is 3.70. The van der Waals surface area contributed by atoms with E-state index in [1.54, 1.807) is 12.1 Å². The number of benzene rings is 2. The molecule has 0 N–H and O–H groups in total. The van der Waals surface area contributed by atoms with E-state index in [9.17, 15) is 4.79 Å². The molecular formula is C21H20ClN5O3. The zero-order valence-electron chi connectivity index (χ0n) is 16.2. The number of amides is 1. The van der Waals surface area contributed by atoms with E-state index in [0.717, 1.165) is 35.5 Å². The van der Waals surface area contributed by atoms with E-state index in [1.807, 2.05) is 35.2 Å². The number of carbonyl (C=O) groups is 1. The van der Waals surface area contributed by atoms with Crippen LogP contribution in [0.25, 0.3) is 11.4 Å². The van der Waals surface area contributed by atoms with Crippen molar-refractivity contribution in [3.8, 4) is 22.9 Å². The van der Waals surface area contributed by atoms with Crippen LogP contribution in [0, 0.1) is 0 Å². The van der Waals surface area contributed by atoms with Crippen LogP contribution in [0.15, 0.2) is 42.5 Å². The average molecular weight is 426 g/mol. The van der Waals surface area contributed by atoms with Gasteiger partial charge in [-0.1, -0.05) is 29.8 Å². The smallest absolute Gasteiger partial charge is 0.246 e. The summed E-state index contributed by atoms with van der Waals surface area (Å²) in [7, 11) is 0. The largest absolute Gasteiger partial charge is 0.486 e. The molecule has 1 aromatic heterocycles. The Morgan fingerprint density at radius 3 is 2.87 bits per heavy atom. The standard InChI is InChI=1S/C21H20ClN5O3/c22-16-4-1-3-15(11-16)21-23-25-27(24-21)13-20(28)26-8-2-5-17(26)14-6-7-18-19(12-14)30-10-9-29-18/h1,3-4,6-7,11-12,17H,2,5,8-10,13H2. The lowest BCUT2D eigenvalue weighted by Crippen LogP contribution is -2.34. The summed E-state index contributed by atoms with van der Waals surface area (Å²) in [6.07, 6.45) is 1.85. The zero-order chi connectivity index (χ0) is 20.5. The molecule has 1 atom stereocenters. The fourth-order valence-corrected chi connectivity index (χ4v) is 4.13. The van der Waals surface area contributed by atoms with Gasteiger partial charge in [-0.25, -0.2) is 0 Å². The first-order valence-electron chi connectivity index (χ1n) is 9.90. The van der Waals surface area contributed by atoms with Gasteiger partial charge in [0.2, 0.25) is 11.7 Å². The molecule has 0 radical (unpaired) electrons. The van der Waals surface area contributed by atoms with Crippen LogP contribution in [0.3, 0.4) is 0 Å². The molecule has 1 saturated heterocycles. The molecule has 1 amide bonds. The number of rotatable bonds is 4. The van der Waals surface area contributed by atoms with E-state index in [4.69, 9.17) is 21.1 Å². The molecule has 5 rings (SSSR count). The Labute approximate surface area is 178 Å². The average Bonchev–Trinajstić information content (AvgIpc) is 3.43. The molecule has 0 spiro atoms. The Kier molecular flexibility index (Phi) is 5.00. The van der Waals surface area contributed by atoms with Crippen LogP contribution < -0.4 is 9.47 Å². The van der Waals surface area contributed by atoms with Crippen molar-refractivity contribution >= 4 is 17.5 Å². The van der Waals surface area contributed by atoms with E-state index >= 15 is 0 Å². The Hall–Kier alpha value is -3.13. The maximum absolute atomic E-state index is 13.0. The predicted molar refractivity (Wildman–Crippen MR) is 109 cm³/mol. The van der Waals surface area contributed by atoms with Crippen molar-refractivity contribution in [3.05, 3.63) is 53.1 Å². The summed E-state index contributed by atoms with van der Waals surface area (Å²) < 4.78 is 11.3. The molecule has 2 aliphatic heterocycles. The van der Waals surface area contributed by atoms with Gasteiger partial charge < -0.3 is 14.4 Å². The van der Waals surface area contributed by atoms with Gasteiger partial charge in [-0.05, 0) is 47.9 Å². The summed E-state index contributed by atoms with van der Waals surface area (Å²) in [6.45, 7) is 1.83. The highest BCUT2D eigenvalue weighted by molar-refractivity contribution is 6.30. The number of hydrogen-bond acceptors (Lipinski definition) is 6. The minimum Gasteiger partial charge on any atom is -0.486 e. The van der Waals surface area contributed by atoms with Gasteiger partial charge in [0.1, 0.15) is 19.8 Å². The Morgan fingerprint density at radius 2 is 2.00 bits per heavy atom. The fourth-order valence-electron chi connectivity index (χ4n) is 3.94. The first-order valence-corrected chi connectivity index (χ1v) is 10.3. The molecule has 30 heavy (non-hydrogen) atoms. The van der Waals surface area contributed by atoms with E-state index in [2.05, 4.69) is 15.4 Å². The topological polar surface area (TPSA) is 82.4 Å². The highest BCUT2D eigenvalue weighted by Gasteiger charge is 2.31. The van der Waals surface area contributed by atoms with E-state index < -0.39 is 0 Å². The molecule has 2 aromatic carbocycles. The first-order chi connectivity index (χ1) is 14.7. The van der Waals surface area contributed by atoms with Crippen molar-refractivity contribution < 1.29 is 14.3 Å². The number of fused-ring (bicyclic) bond motifs is 1. The number of tetrazole rings is 1. The number of carbonyl (C=O) groups excluding carboxylic acids is 1. The molecule has 2 aliphatic rings. The number of nitrogens with zero attached hydrogens (tertiary/aromatic N) is 5. The lowest BCUT2D eigenvalue weighted by Gasteiger charge is -2.26. The Bertz CT molecular complexity index is 1090. The molecule has 1 unspecified atom stereocenters. The normalized spacial score (nSPS) is 17.9. The van der Waals surface area contributed by atoms with Crippen molar-refractivity contribution in [1.29, 1.82) is 0 Å². The van der Waals surface area contributed by atoms with Crippen molar-refractivity contribution in [2.24, 2.45) is 0 Å². The third-order valence-electron chi connectivity index (χ3n) is 5.34. The molecule has 0 bridgehead atoms. The van der Waals surface area contributed by atoms with E-state index in [1.165, 1.54) is 4.80 Å². The van der Waals surface area contributed by atoms with Crippen LogP contribution >= 0.6 is 11.6 Å². The van der Waals surface area contributed by atoms with Crippen LogP contribution in [-0.2, 0) is 11.3 Å². The summed E-state index contributed by atoms with van der Waals surface area (Å²) in [6, 6.07) is 13.1. The molecule has 1 fully saturated rings. The number of ether oxygens (including phenoxy) is 2. The van der Waals surface area contributed by atoms with Crippen LogP contribution in [0.1, 0.15) is 24.4 Å². The monoisotopic (exact) mass is 425 g/mol. The molecule has 0 saturated carbocycles. The summed E-state index contributed by atoms with van der Waals surface area (Å²) >= 11 is 6.03. The second kappa shape index (κ2) is 7.95. The second-order valence-corrected chi connectivity index (χ2v) is 7.74. The van der Waals surface area contributed by atoms with Crippen molar-refractivity contribution in [2.75, 3.05) is 19.8 Å². The Morgan fingerprint density at radius 1 is 1.13 bits per heavy atom. The van der Waals surface area contributed by atoms with Crippen molar-refractivity contribution in [2.45, 2.75) is 25.4 Å². The quantitative estimate of drug-likeness (QED) is 0.638. The molecule has 9 heteroatoms. The highest BCUT2D eigenvalue weighted by Crippen LogP contribution is 2.38. The van der Waals surface area contributed by atoms with E-state index in [0.29, 0.717) is 30.6 Å². The van der Waals surface area contributed by atoms with Gasteiger partial charge >= 0.3 is 0 Å². The minimum atomic E-state index is -0.0394. The number of halogens is 1. The maximum Gasteiger partial charge on any atom is 0.246 e. The first kappa shape index (κ1) is 18.9. The minimum absolute atomic E-state index is 0.00393. The summed E-state index contributed by atoms with van der Waals surface area (Å²) in [5.74, 6) is 1.89. The van der Waals surface area contributed by atoms with Crippen molar-refractivity contribution in [3.63, 3.8) is 0 Å². The molecule has 154 valence electrons. The number of likely N-dealkylation sites (tertiary alicyclic amines) is 1. The maximum atomic E-state index is 13.0. The third-order valence-corrected chi connectivity index (χ3v) is 5.57. The number of aromatic nitrogens is 4. The van der Waals surface area contributed by atoms with Gasteiger partial charge in [-0.15, -0.1) is 10.2 Å². The van der Waals surface area contributed by atoms with Crippen LogP contribution in [0.2, 0.25) is 5.02 Å². The van der Waals surface area contributed by atoms with Gasteiger partial charge in [-0.2, -0.15) is 4.80 Å². The van der Waals surface area contributed by atoms with Crippen LogP contribution in [0.4, 0.5) is 0 Å². The lowest BCUT2D eigenvalue weighted by atomic mass is 10.0. The van der Waals surface area contributed by atoms with Gasteiger partial charge in [0.15, 0.2) is 11.5 Å². The lowest BCUT2D eigenvalue weighted by molar-refractivity contribution is -0.133. The van der Waals surface area contributed by atoms with Gasteiger partial charge in [0.05, 0.1) is 6.04 Å². The molecule has 3 aromatic rings. The SMILES string of the molecule is O=C(Cn1nnc(-c2cccc(Cl)c2)n1)N1CCCC1c1ccc2c(c1)OCCO2. The summed E-state index contributed by atoms with van der Waals surface area (Å²) in [5.41, 5.74) is 1.81. The summed E-state index contributed by atoms with van der Waals surface area (Å²) in [5, 5.41) is 13.0. The van der Waals surface area contributed by atoms with E-state index in [-0.39, 0.29) is 18.5 Å². The number of hydrogen-bond donors (Lipinski definition) is 0. The summed E-state index contributed by atoms with van der Waals surface area (Å²) in [4.78, 5) is 16.2. The predicted octanol–water partition coefficient (Wildman–Crippen LogP) is 3.13. The van der Waals surface area contributed by atoms with Gasteiger partial charge in [-0.3, -0.25) is 4.79 Å². The molecule has 8 nitrogen and oxygen atoms in total. The highest BCUT2D eigenvalue weighted by atomic mass is 35.5. The molecule has 0 aliphatic carbocycles. The van der Waals surface area contributed by atoms with Gasteiger partial charge in [0.25, 0.3) is 0 Å². The van der Waals surface area contributed by atoms with Crippen LogP contribution in [-0.4, -0.2) is 50.8 Å². The van der Waals surface area contributed by atoms with Crippen molar-refractivity contribution in [1.82, 2.24) is 25.1 Å². The second-order valence-electron chi connectivity index (χ2n) is 7.30.